The Hall–Kier alpha value is -1.11. The highest BCUT2D eigenvalue weighted by molar-refractivity contribution is 7.89. The van der Waals surface area contributed by atoms with Crippen molar-refractivity contribution in [3.63, 3.8) is 0 Å². The molecule has 0 unspecified atom stereocenters. The zero-order chi connectivity index (χ0) is 18.0. The van der Waals surface area contributed by atoms with E-state index in [9.17, 15) is 13.2 Å². The number of halogens is 1. The van der Waals surface area contributed by atoms with Crippen molar-refractivity contribution in [2.45, 2.75) is 68.8 Å². The topological polar surface area (TPSA) is 66.5 Å². The third kappa shape index (κ3) is 4.01. The van der Waals surface area contributed by atoms with Gasteiger partial charge in [-0.3, -0.25) is 4.79 Å². The van der Waals surface area contributed by atoms with Gasteiger partial charge in [-0.25, -0.2) is 8.42 Å². The van der Waals surface area contributed by atoms with Crippen molar-refractivity contribution in [2.75, 3.05) is 6.54 Å². The summed E-state index contributed by atoms with van der Waals surface area (Å²) in [7, 11) is -3.72. The summed E-state index contributed by atoms with van der Waals surface area (Å²) < 4.78 is 27.3. The SMILES string of the molecule is Cc1ccc(S(=O)(=O)N2CCC[C@@H]2C(=O)NC2CCCCC2)cc1Cl. The quantitative estimate of drug-likeness (QED) is 0.866. The number of aryl methyl sites for hydroxylation is 1. The zero-order valence-corrected chi connectivity index (χ0v) is 16.1. The molecule has 1 amide bonds. The van der Waals surface area contributed by atoms with Crippen LogP contribution in [-0.4, -0.2) is 37.3 Å². The first-order valence-corrected chi connectivity index (χ1v) is 10.8. The Labute approximate surface area is 154 Å². The summed E-state index contributed by atoms with van der Waals surface area (Å²) >= 11 is 6.09. The summed E-state index contributed by atoms with van der Waals surface area (Å²) in [6.07, 6.45) is 6.69. The van der Waals surface area contributed by atoms with Gasteiger partial charge in [0.05, 0.1) is 4.90 Å². The molecule has 0 aromatic heterocycles. The van der Waals surface area contributed by atoms with Crippen LogP contribution in [0, 0.1) is 6.92 Å². The molecule has 138 valence electrons. The van der Waals surface area contributed by atoms with Crippen molar-refractivity contribution >= 4 is 27.5 Å². The molecular weight excluding hydrogens is 360 g/mol. The predicted molar refractivity (Wildman–Crippen MR) is 98.1 cm³/mol. The summed E-state index contributed by atoms with van der Waals surface area (Å²) in [4.78, 5) is 12.8. The number of nitrogens with zero attached hydrogens (tertiary/aromatic N) is 1. The van der Waals surface area contributed by atoms with E-state index in [1.807, 2.05) is 6.92 Å². The summed E-state index contributed by atoms with van der Waals surface area (Å²) in [5, 5.41) is 3.48. The molecule has 1 saturated carbocycles. The highest BCUT2D eigenvalue weighted by Crippen LogP contribution is 2.29. The first kappa shape index (κ1) is 18.7. The van der Waals surface area contributed by atoms with E-state index >= 15 is 0 Å². The summed E-state index contributed by atoms with van der Waals surface area (Å²) in [5.41, 5.74) is 0.827. The first-order valence-electron chi connectivity index (χ1n) is 8.98. The first-order chi connectivity index (χ1) is 11.9. The monoisotopic (exact) mass is 384 g/mol. The van der Waals surface area contributed by atoms with Gasteiger partial charge in [0.25, 0.3) is 0 Å². The minimum Gasteiger partial charge on any atom is -0.352 e. The Morgan fingerprint density at radius 3 is 2.56 bits per heavy atom. The van der Waals surface area contributed by atoms with Crippen molar-refractivity contribution in [3.05, 3.63) is 28.8 Å². The van der Waals surface area contributed by atoms with Gasteiger partial charge in [-0.1, -0.05) is 36.9 Å². The highest BCUT2D eigenvalue weighted by Gasteiger charge is 2.40. The number of hydrogen-bond donors (Lipinski definition) is 1. The molecule has 1 aliphatic heterocycles. The van der Waals surface area contributed by atoms with E-state index in [1.54, 1.807) is 12.1 Å². The smallest absolute Gasteiger partial charge is 0.243 e. The molecule has 1 saturated heterocycles. The minimum absolute atomic E-state index is 0.153. The van der Waals surface area contributed by atoms with Crippen LogP contribution < -0.4 is 5.32 Å². The maximum Gasteiger partial charge on any atom is 0.243 e. The minimum atomic E-state index is -3.72. The molecule has 1 heterocycles. The van der Waals surface area contributed by atoms with Gasteiger partial charge in [0.15, 0.2) is 0 Å². The van der Waals surface area contributed by atoms with Gasteiger partial charge >= 0.3 is 0 Å². The second-order valence-electron chi connectivity index (χ2n) is 7.03. The van der Waals surface area contributed by atoms with E-state index in [0.29, 0.717) is 24.4 Å². The van der Waals surface area contributed by atoms with Crippen LogP contribution in [0.2, 0.25) is 5.02 Å². The van der Waals surface area contributed by atoms with Crippen LogP contribution in [0.3, 0.4) is 0 Å². The van der Waals surface area contributed by atoms with Crippen LogP contribution in [0.4, 0.5) is 0 Å². The Morgan fingerprint density at radius 1 is 1.16 bits per heavy atom. The van der Waals surface area contributed by atoms with E-state index in [1.165, 1.54) is 16.8 Å². The van der Waals surface area contributed by atoms with Crippen molar-refractivity contribution in [1.29, 1.82) is 0 Å². The van der Waals surface area contributed by atoms with Crippen LogP contribution >= 0.6 is 11.6 Å². The number of carbonyl (C=O) groups is 1. The lowest BCUT2D eigenvalue weighted by Gasteiger charge is -2.28. The molecule has 1 aromatic rings. The third-order valence-electron chi connectivity index (χ3n) is 5.21. The lowest BCUT2D eigenvalue weighted by molar-refractivity contribution is -0.125. The molecule has 7 heteroatoms. The molecular formula is C18H25ClN2O3S. The second-order valence-corrected chi connectivity index (χ2v) is 9.33. The molecule has 0 bridgehead atoms. The van der Waals surface area contributed by atoms with E-state index in [4.69, 9.17) is 11.6 Å². The van der Waals surface area contributed by atoms with E-state index < -0.39 is 16.1 Å². The van der Waals surface area contributed by atoms with Gasteiger partial charge in [0.1, 0.15) is 6.04 Å². The maximum atomic E-state index is 13.0. The van der Waals surface area contributed by atoms with Crippen molar-refractivity contribution in [1.82, 2.24) is 9.62 Å². The molecule has 1 atom stereocenters. The molecule has 0 radical (unpaired) electrons. The van der Waals surface area contributed by atoms with Crippen LogP contribution in [0.5, 0.6) is 0 Å². The zero-order valence-electron chi connectivity index (χ0n) is 14.5. The molecule has 0 spiro atoms. The standard InChI is InChI=1S/C18H25ClN2O3S/c1-13-9-10-15(12-16(13)19)25(23,24)21-11-5-8-17(21)18(22)20-14-6-3-2-4-7-14/h9-10,12,14,17H,2-8,11H2,1H3,(H,20,22)/t17-/m1/s1. The van der Waals surface area contributed by atoms with Crippen molar-refractivity contribution in [2.24, 2.45) is 0 Å². The van der Waals surface area contributed by atoms with Gasteiger partial charge < -0.3 is 5.32 Å². The molecule has 3 rings (SSSR count). The Morgan fingerprint density at radius 2 is 1.88 bits per heavy atom. The Balaban J connectivity index is 1.77. The predicted octanol–water partition coefficient (Wildman–Crippen LogP) is 3.25. The fourth-order valence-corrected chi connectivity index (χ4v) is 5.63. The number of benzene rings is 1. The molecule has 1 N–H and O–H groups in total. The van der Waals surface area contributed by atoms with Gasteiger partial charge in [-0.15, -0.1) is 0 Å². The molecule has 5 nitrogen and oxygen atoms in total. The summed E-state index contributed by atoms with van der Waals surface area (Å²) in [6, 6.07) is 4.29. The van der Waals surface area contributed by atoms with Crippen LogP contribution in [0.15, 0.2) is 23.1 Å². The molecule has 1 aliphatic carbocycles. The third-order valence-corrected chi connectivity index (χ3v) is 7.52. The van der Waals surface area contributed by atoms with Crippen molar-refractivity contribution in [3.8, 4) is 0 Å². The van der Waals surface area contributed by atoms with Gasteiger partial charge in [-0.05, 0) is 50.3 Å². The van der Waals surface area contributed by atoms with E-state index in [0.717, 1.165) is 31.2 Å². The number of sulfonamides is 1. The lowest BCUT2D eigenvalue weighted by Crippen LogP contribution is -2.49. The fraction of sp³-hybridized carbons (Fsp3) is 0.611. The van der Waals surface area contributed by atoms with Crippen LogP contribution in [0.25, 0.3) is 0 Å². The van der Waals surface area contributed by atoms with Gasteiger partial charge in [0.2, 0.25) is 15.9 Å². The largest absolute Gasteiger partial charge is 0.352 e. The second kappa shape index (κ2) is 7.64. The number of amides is 1. The van der Waals surface area contributed by atoms with Crippen LogP contribution in [0.1, 0.15) is 50.5 Å². The number of rotatable bonds is 4. The molecule has 2 aliphatic rings. The Bertz CT molecular complexity index is 745. The van der Waals surface area contributed by atoms with Gasteiger partial charge in [0, 0.05) is 17.6 Å². The summed E-state index contributed by atoms with van der Waals surface area (Å²) in [6.45, 7) is 2.20. The lowest BCUT2D eigenvalue weighted by atomic mass is 9.95. The molecule has 1 aromatic carbocycles. The number of hydrogen-bond acceptors (Lipinski definition) is 3. The number of nitrogens with one attached hydrogen (secondary N) is 1. The maximum absolute atomic E-state index is 13.0. The Kier molecular flexibility index (Phi) is 5.71. The van der Waals surface area contributed by atoms with E-state index in [-0.39, 0.29) is 16.8 Å². The average Bonchev–Trinajstić information content (AvgIpc) is 3.09. The molecule has 25 heavy (non-hydrogen) atoms. The average molecular weight is 385 g/mol. The fourth-order valence-electron chi connectivity index (χ4n) is 3.70. The highest BCUT2D eigenvalue weighted by atomic mass is 35.5. The summed E-state index contributed by atoms with van der Waals surface area (Å²) in [5.74, 6) is -0.161. The van der Waals surface area contributed by atoms with Crippen LogP contribution in [-0.2, 0) is 14.8 Å². The van der Waals surface area contributed by atoms with E-state index in [2.05, 4.69) is 5.32 Å². The van der Waals surface area contributed by atoms with Gasteiger partial charge in [-0.2, -0.15) is 4.31 Å². The normalized spacial score (nSPS) is 22.9. The molecule has 2 fully saturated rings. The van der Waals surface area contributed by atoms with Crippen molar-refractivity contribution < 1.29 is 13.2 Å². The number of carbonyl (C=O) groups excluding carboxylic acids is 1.